The summed E-state index contributed by atoms with van der Waals surface area (Å²) in [5, 5.41) is 1.05. The molecule has 0 radical (unpaired) electrons. The minimum absolute atomic E-state index is 0.143. The summed E-state index contributed by atoms with van der Waals surface area (Å²) < 4.78 is 13.4. The lowest BCUT2D eigenvalue weighted by Gasteiger charge is -2.16. The summed E-state index contributed by atoms with van der Waals surface area (Å²) in [7, 11) is -0.802. The van der Waals surface area contributed by atoms with Crippen LogP contribution in [0.4, 0.5) is 5.95 Å². The molecule has 0 saturated carbocycles. The number of para-hydroxylation sites is 1. The Morgan fingerprint density at radius 3 is 2.86 bits per heavy atom. The van der Waals surface area contributed by atoms with Crippen molar-refractivity contribution in [3.8, 4) is 0 Å². The molecule has 6 heteroatoms. The number of pyridine rings is 1. The van der Waals surface area contributed by atoms with Crippen molar-refractivity contribution >= 4 is 38.7 Å². The zero-order valence-electron chi connectivity index (χ0n) is 12.1. The maximum Gasteiger partial charge on any atom is 0.201 e. The Morgan fingerprint density at radius 2 is 2.10 bits per heavy atom. The highest BCUT2D eigenvalue weighted by Crippen LogP contribution is 2.29. The largest absolute Gasteiger partial charge is 0.369 e. The number of anilines is 1. The summed E-state index contributed by atoms with van der Waals surface area (Å²) in [4.78, 5) is 8.83. The Kier molecular flexibility index (Phi) is 3.63. The first-order chi connectivity index (χ1) is 10.1. The average molecular weight is 302 g/mol. The fourth-order valence-corrected chi connectivity index (χ4v) is 3.33. The molecule has 0 amide bonds. The molecule has 0 aliphatic carbocycles. The maximum atomic E-state index is 11.3. The molecular formula is C15H18N4OS. The summed E-state index contributed by atoms with van der Waals surface area (Å²) in [5.74, 6) is 1.14. The van der Waals surface area contributed by atoms with E-state index in [4.69, 9.17) is 5.73 Å². The molecule has 2 N–H and O–H groups in total. The SMILES string of the molecule is CC(CCS(C)=O)n1c(N)nc2cnc3ccccc3c21. The second kappa shape index (κ2) is 5.44. The van der Waals surface area contributed by atoms with Gasteiger partial charge in [-0.05, 0) is 19.4 Å². The van der Waals surface area contributed by atoms with E-state index in [0.29, 0.717) is 11.7 Å². The zero-order chi connectivity index (χ0) is 15.0. The molecule has 1 aromatic carbocycles. The molecule has 0 saturated heterocycles. The third-order valence-corrected chi connectivity index (χ3v) is 4.52. The van der Waals surface area contributed by atoms with Crippen molar-refractivity contribution in [1.82, 2.24) is 14.5 Å². The lowest BCUT2D eigenvalue weighted by atomic mass is 10.1. The van der Waals surface area contributed by atoms with Crippen LogP contribution >= 0.6 is 0 Å². The third kappa shape index (κ3) is 2.51. The molecule has 2 aromatic heterocycles. The second-order valence-corrected chi connectivity index (χ2v) is 6.82. The molecule has 21 heavy (non-hydrogen) atoms. The molecule has 0 bridgehead atoms. The molecule has 0 fully saturated rings. The molecule has 110 valence electrons. The van der Waals surface area contributed by atoms with Crippen LogP contribution in [0, 0.1) is 0 Å². The van der Waals surface area contributed by atoms with Crippen molar-refractivity contribution in [2.24, 2.45) is 0 Å². The molecule has 3 aromatic rings. The monoisotopic (exact) mass is 302 g/mol. The molecule has 0 aliphatic heterocycles. The fourth-order valence-electron chi connectivity index (χ4n) is 2.65. The summed E-state index contributed by atoms with van der Waals surface area (Å²) in [6.07, 6.45) is 4.28. The molecule has 0 aliphatic rings. The van der Waals surface area contributed by atoms with E-state index < -0.39 is 10.8 Å². The lowest BCUT2D eigenvalue weighted by molar-refractivity contribution is 0.553. The van der Waals surface area contributed by atoms with E-state index in [1.807, 2.05) is 28.8 Å². The number of aromatic nitrogens is 3. The Morgan fingerprint density at radius 1 is 1.33 bits per heavy atom. The van der Waals surface area contributed by atoms with Gasteiger partial charge in [-0.1, -0.05) is 18.2 Å². The highest BCUT2D eigenvalue weighted by molar-refractivity contribution is 7.84. The molecule has 2 unspecified atom stereocenters. The van der Waals surface area contributed by atoms with Crippen LogP contribution in [0.5, 0.6) is 0 Å². The third-order valence-electron chi connectivity index (χ3n) is 3.71. The first-order valence-electron chi connectivity index (χ1n) is 6.89. The topological polar surface area (TPSA) is 73.8 Å². The highest BCUT2D eigenvalue weighted by Gasteiger charge is 2.17. The van der Waals surface area contributed by atoms with E-state index >= 15 is 0 Å². The Bertz CT molecular complexity index is 827. The molecule has 5 nitrogen and oxygen atoms in total. The van der Waals surface area contributed by atoms with E-state index in [9.17, 15) is 4.21 Å². The standard InChI is InChI=1S/C15H18N4OS/c1-10(7-8-21(2)20)19-14-11-5-3-4-6-12(11)17-9-13(14)18-15(19)16/h3-6,9-10H,7-8H2,1-2H3,(H2,16,18). The Labute approximate surface area is 125 Å². The number of hydrogen-bond acceptors (Lipinski definition) is 4. The summed E-state index contributed by atoms with van der Waals surface area (Å²) in [6.45, 7) is 2.08. The van der Waals surface area contributed by atoms with Crippen molar-refractivity contribution in [3.63, 3.8) is 0 Å². The van der Waals surface area contributed by atoms with E-state index in [0.717, 1.165) is 28.4 Å². The van der Waals surface area contributed by atoms with E-state index in [1.165, 1.54) is 0 Å². The van der Waals surface area contributed by atoms with E-state index in [2.05, 4.69) is 16.9 Å². The number of hydrogen-bond donors (Lipinski definition) is 1. The van der Waals surface area contributed by atoms with Gasteiger partial charge in [0.15, 0.2) is 0 Å². The van der Waals surface area contributed by atoms with Gasteiger partial charge in [0, 0.05) is 34.2 Å². The normalized spacial score (nSPS) is 14.6. The van der Waals surface area contributed by atoms with Gasteiger partial charge in [-0.2, -0.15) is 0 Å². The number of fused-ring (bicyclic) bond motifs is 3. The van der Waals surface area contributed by atoms with Gasteiger partial charge < -0.3 is 10.3 Å². The van der Waals surface area contributed by atoms with Crippen LogP contribution in [0.15, 0.2) is 30.5 Å². The first kappa shape index (κ1) is 14.0. The van der Waals surface area contributed by atoms with Crippen molar-refractivity contribution in [2.45, 2.75) is 19.4 Å². The number of nitrogen functional groups attached to an aromatic ring is 1. The number of benzene rings is 1. The van der Waals surface area contributed by atoms with Crippen LogP contribution < -0.4 is 5.73 Å². The lowest BCUT2D eigenvalue weighted by Crippen LogP contribution is -2.11. The number of imidazole rings is 1. The predicted octanol–water partition coefficient (Wildman–Crippen LogP) is 2.50. The number of nitrogens with zero attached hydrogens (tertiary/aromatic N) is 3. The summed E-state index contributed by atoms with van der Waals surface area (Å²) in [5.41, 5.74) is 8.84. The molecular weight excluding hydrogens is 284 g/mol. The Hall–Kier alpha value is -1.95. The quantitative estimate of drug-likeness (QED) is 0.803. The highest BCUT2D eigenvalue weighted by atomic mass is 32.2. The van der Waals surface area contributed by atoms with Gasteiger partial charge in [-0.3, -0.25) is 9.19 Å². The van der Waals surface area contributed by atoms with Gasteiger partial charge in [0.2, 0.25) is 5.95 Å². The zero-order valence-corrected chi connectivity index (χ0v) is 12.9. The van der Waals surface area contributed by atoms with Gasteiger partial charge in [0.25, 0.3) is 0 Å². The summed E-state index contributed by atoms with van der Waals surface area (Å²) in [6, 6.07) is 8.11. The van der Waals surface area contributed by atoms with Crippen LogP contribution in [-0.2, 0) is 10.8 Å². The number of nitrogens with two attached hydrogens (primary N) is 1. The van der Waals surface area contributed by atoms with Crippen LogP contribution in [0.3, 0.4) is 0 Å². The smallest absolute Gasteiger partial charge is 0.201 e. The van der Waals surface area contributed by atoms with Crippen molar-refractivity contribution in [3.05, 3.63) is 30.5 Å². The van der Waals surface area contributed by atoms with Crippen LogP contribution in [0.25, 0.3) is 21.9 Å². The minimum atomic E-state index is -0.802. The van der Waals surface area contributed by atoms with Crippen LogP contribution in [0.1, 0.15) is 19.4 Å². The minimum Gasteiger partial charge on any atom is -0.369 e. The van der Waals surface area contributed by atoms with Gasteiger partial charge in [-0.25, -0.2) is 4.98 Å². The van der Waals surface area contributed by atoms with E-state index in [1.54, 1.807) is 12.5 Å². The van der Waals surface area contributed by atoms with Gasteiger partial charge in [-0.15, -0.1) is 0 Å². The Balaban J connectivity index is 2.19. The first-order valence-corrected chi connectivity index (χ1v) is 8.62. The number of rotatable bonds is 4. The van der Waals surface area contributed by atoms with Crippen molar-refractivity contribution < 1.29 is 4.21 Å². The van der Waals surface area contributed by atoms with Crippen molar-refractivity contribution in [1.29, 1.82) is 0 Å². The fraction of sp³-hybridized carbons (Fsp3) is 0.333. The average Bonchev–Trinajstić information content (AvgIpc) is 2.81. The van der Waals surface area contributed by atoms with E-state index in [-0.39, 0.29) is 6.04 Å². The molecule has 3 rings (SSSR count). The molecule has 2 heterocycles. The van der Waals surface area contributed by atoms with Gasteiger partial charge >= 0.3 is 0 Å². The summed E-state index contributed by atoms with van der Waals surface area (Å²) >= 11 is 0. The van der Waals surface area contributed by atoms with Gasteiger partial charge in [0.05, 0.1) is 17.2 Å². The second-order valence-electron chi connectivity index (χ2n) is 5.26. The van der Waals surface area contributed by atoms with Crippen LogP contribution in [0.2, 0.25) is 0 Å². The van der Waals surface area contributed by atoms with Gasteiger partial charge in [0.1, 0.15) is 5.52 Å². The maximum absolute atomic E-state index is 11.3. The molecule has 0 spiro atoms. The van der Waals surface area contributed by atoms with Crippen LogP contribution in [-0.4, -0.2) is 30.8 Å². The molecule has 2 atom stereocenters. The predicted molar refractivity (Wildman–Crippen MR) is 87.7 cm³/mol. The van der Waals surface area contributed by atoms with Crippen molar-refractivity contribution in [2.75, 3.05) is 17.7 Å².